The first-order valence-electron chi connectivity index (χ1n) is 4.93. The summed E-state index contributed by atoms with van der Waals surface area (Å²) in [7, 11) is 1.81. The summed E-state index contributed by atoms with van der Waals surface area (Å²) >= 11 is 0. The van der Waals surface area contributed by atoms with E-state index in [0.29, 0.717) is 12.1 Å². The van der Waals surface area contributed by atoms with Crippen molar-refractivity contribution in [3.63, 3.8) is 0 Å². The van der Waals surface area contributed by atoms with Crippen LogP contribution >= 0.6 is 0 Å². The van der Waals surface area contributed by atoms with E-state index in [0.717, 1.165) is 11.9 Å². The molecular weight excluding hydrogens is 209 g/mol. The molecule has 0 spiro atoms. The third kappa shape index (κ3) is 2.43. The lowest BCUT2D eigenvalue weighted by Crippen LogP contribution is -2.05. The fourth-order valence-electron chi connectivity index (χ4n) is 1.46. The Balaban J connectivity index is 2.08. The Hall–Kier alpha value is -1.75. The number of pyridine rings is 1. The van der Waals surface area contributed by atoms with E-state index in [1.165, 1.54) is 12.1 Å². The molecule has 0 bridgehead atoms. The van der Waals surface area contributed by atoms with Crippen LogP contribution in [-0.4, -0.2) is 19.9 Å². The predicted octanol–water partition coefficient (Wildman–Crippen LogP) is 1.23. The molecule has 16 heavy (non-hydrogen) atoms. The fraction of sp³-hybridized carbons (Fsp3) is 0.273. The molecule has 4 nitrogen and oxygen atoms in total. The molecule has 0 fully saturated rings. The summed E-state index contributed by atoms with van der Waals surface area (Å²) in [4.78, 5) is 3.82. The number of hydrogen-bond acceptors (Lipinski definition) is 3. The molecule has 0 aliphatic heterocycles. The summed E-state index contributed by atoms with van der Waals surface area (Å²) in [6, 6.07) is 4.58. The van der Waals surface area contributed by atoms with Gasteiger partial charge < -0.3 is 5.11 Å². The van der Waals surface area contributed by atoms with E-state index in [4.69, 9.17) is 0 Å². The molecule has 0 amide bonds. The Morgan fingerprint density at radius 1 is 1.44 bits per heavy atom. The molecular formula is C11H12FN3O. The van der Waals surface area contributed by atoms with Crippen molar-refractivity contribution < 1.29 is 9.50 Å². The van der Waals surface area contributed by atoms with Crippen LogP contribution in [0, 0.1) is 5.82 Å². The molecule has 0 saturated carbocycles. The third-order valence-corrected chi connectivity index (χ3v) is 2.26. The van der Waals surface area contributed by atoms with Gasteiger partial charge in [-0.3, -0.25) is 9.67 Å². The highest BCUT2D eigenvalue weighted by atomic mass is 19.1. The Morgan fingerprint density at radius 3 is 2.81 bits per heavy atom. The molecule has 2 heterocycles. The first-order chi connectivity index (χ1) is 7.65. The SMILES string of the molecule is Cn1ccc(CC(O)c2ccc(F)cn2)n1. The largest absolute Gasteiger partial charge is 0.386 e. The van der Waals surface area contributed by atoms with Crippen molar-refractivity contribution in [2.75, 3.05) is 0 Å². The van der Waals surface area contributed by atoms with E-state index in [2.05, 4.69) is 10.1 Å². The van der Waals surface area contributed by atoms with Gasteiger partial charge in [0.05, 0.1) is 17.6 Å². The van der Waals surface area contributed by atoms with E-state index in [1.54, 1.807) is 10.9 Å². The van der Waals surface area contributed by atoms with E-state index in [9.17, 15) is 9.50 Å². The maximum Gasteiger partial charge on any atom is 0.141 e. The summed E-state index contributed by atoms with van der Waals surface area (Å²) in [5.41, 5.74) is 1.23. The molecule has 0 aliphatic rings. The van der Waals surface area contributed by atoms with Crippen LogP contribution in [0.2, 0.25) is 0 Å². The number of aliphatic hydroxyl groups excluding tert-OH is 1. The Bertz CT molecular complexity index is 466. The third-order valence-electron chi connectivity index (χ3n) is 2.26. The van der Waals surface area contributed by atoms with Crippen LogP contribution in [0.3, 0.4) is 0 Å². The van der Waals surface area contributed by atoms with Crippen molar-refractivity contribution in [1.29, 1.82) is 0 Å². The fourth-order valence-corrected chi connectivity index (χ4v) is 1.46. The van der Waals surface area contributed by atoms with Gasteiger partial charge in [0.15, 0.2) is 0 Å². The summed E-state index contributed by atoms with van der Waals surface area (Å²) in [6.45, 7) is 0. The average molecular weight is 221 g/mol. The molecule has 2 aromatic rings. The average Bonchev–Trinajstić information content (AvgIpc) is 2.65. The van der Waals surface area contributed by atoms with Gasteiger partial charge in [0.2, 0.25) is 0 Å². The standard InChI is InChI=1S/C11H12FN3O/c1-15-5-4-9(14-15)6-11(16)10-3-2-8(12)7-13-10/h2-5,7,11,16H,6H2,1H3. The highest BCUT2D eigenvalue weighted by Crippen LogP contribution is 2.15. The molecule has 1 unspecified atom stereocenters. The highest BCUT2D eigenvalue weighted by Gasteiger charge is 2.11. The van der Waals surface area contributed by atoms with Gasteiger partial charge in [0.25, 0.3) is 0 Å². The molecule has 5 heteroatoms. The van der Waals surface area contributed by atoms with Crippen LogP contribution < -0.4 is 0 Å². The first-order valence-corrected chi connectivity index (χ1v) is 4.93. The zero-order valence-corrected chi connectivity index (χ0v) is 8.84. The van der Waals surface area contributed by atoms with Crippen LogP contribution in [-0.2, 0) is 13.5 Å². The van der Waals surface area contributed by atoms with Crippen LogP contribution in [0.15, 0.2) is 30.6 Å². The van der Waals surface area contributed by atoms with Crippen molar-refractivity contribution in [3.8, 4) is 0 Å². The molecule has 0 aromatic carbocycles. The number of hydrogen-bond donors (Lipinski definition) is 1. The summed E-state index contributed by atoms with van der Waals surface area (Å²) in [6.07, 6.45) is 2.52. The zero-order chi connectivity index (χ0) is 11.5. The van der Waals surface area contributed by atoms with Gasteiger partial charge in [-0.25, -0.2) is 4.39 Å². The van der Waals surface area contributed by atoms with Gasteiger partial charge in [-0.2, -0.15) is 5.10 Å². The topological polar surface area (TPSA) is 50.9 Å². The number of rotatable bonds is 3. The second-order valence-corrected chi connectivity index (χ2v) is 3.60. The quantitative estimate of drug-likeness (QED) is 0.848. The molecule has 1 N–H and O–H groups in total. The molecule has 2 rings (SSSR count). The van der Waals surface area contributed by atoms with E-state index >= 15 is 0 Å². The minimum Gasteiger partial charge on any atom is -0.386 e. The van der Waals surface area contributed by atoms with Crippen molar-refractivity contribution in [2.24, 2.45) is 7.05 Å². The van der Waals surface area contributed by atoms with Gasteiger partial charge in [0.1, 0.15) is 11.9 Å². The first kappa shape index (κ1) is 10.8. The number of nitrogens with zero attached hydrogens (tertiary/aromatic N) is 3. The second kappa shape index (κ2) is 4.40. The van der Waals surface area contributed by atoms with Gasteiger partial charge >= 0.3 is 0 Å². The minimum atomic E-state index is -0.754. The Labute approximate surface area is 92.4 Å². The smallest absolute Gasteiger partial charge is 0.141 e. The number of aryl methyl sites for hydroxylation is 1. The van der Waals surface area contributed by atoms with Gasteiger partial charge in [0, 0.05) is 19.7 Å². The molecule has 1 atom stereocenters. The minimum absolute atomic E-state index is 0.374. The van der Waals surface area contributed by atoms with Crippen LogP contribution in [0.4, 0.5) is 4.39 Å². The number of aromatic nitrogens is 3. The van der Waals surface area contributed by atoms with Crippen LogP contribution in [0.5, 0.6) is 0 Å². The highest BCUT2D eigenvalue weighted by molar-refractivity contribution is 5.11. The molecule has 0 radical (unpaired) electrons. The van der Waals surface area contributed by atoms with Crippen molar-refractivity contribution in [2.45, 2.75) is 12.5 Å². The lowest BCUT2D eigenvalue weighted by molar-refractivity contribution is 0.172. The number of halogens is 1. The summed E-state index contributed by atoms with van der Waals surface area (Å²) < 4.78 is 14.3. The number of aliphatic hydroxyl groups is 1. The van der Waals surface area contributed by atoms with Crippen LogP contribution in [0.1, 0.15) is 17.5 Å². The molecule has 0 saturated heterocycles. The Kier molecular flexibility index (Phi) is 2.96. The second-order valence-electron chi connectivity index (χ2n) is 3.60. The van der Waals surface area contributed by atoms with E-state index in [-0.39, 0.29) is 0 Å². The van der Waals surface area contributed by atoms with Gasteiger partial charge in [-0.15, -0.1) is 0 Å². The van der Waals surface area contributed by atoms with Crippen molar-refractivity contribution >= 4 is 0 Å². The predicted molar refractivity (Wildman–Crippen MR) is 56.1 cm³/mol. The monoisotopic (exact) mass is 221 g/mol. The van der Waals surface area contributed by atoms with Crippen molar-refractivity contribution in [1.82, 2.24) is 14.8 Å². The van der Waals surface area contributed by atoms with Gasteiger partial charge in [-0.1, -0.05) is 0 Å². The summed E-state index contributed by atoms with van der Waals surface area (Å²) in [5.74, 6) is -0.409. The zero-order valence-electron chi connectivity index (χ0n) is 8.84. The van der Waals surface area contributed by atoms with E-state index in [1.807, 2.05) is 13.1 Å². The van der Waals surface area contributed by atoms with Crippen LogP contribution in [0.25, 0.3) is 0 Å². The summed E-state index contributed by atoms with van der Waals surface area (Å²) in [5, 5.41) is 14.0. The molecule has 0 aliphatic carbocycles. The maximum atomic E-state index is 12.6. The lowest BCUT2D eigenvalue weighted by Gasteiger charge is -2.07. The lowest BCUT2D eigenvalue weighted by atomic mass is 10.1. The normalized spacial score (nSPS) is 12.7. The Morgan fingerprint density at radius 2 is 2.25 bits per heavy atom. The van der Waals surface area contributed by atoms with Crippen molar-refractivity contribution in [3.05, 3.63) is 47.8 Å². The maximum absolute atomic E-state index is 12.6. The van der Waals surface area contributed by atoms with Gasteiger partial charge in [-0.05, 0) is 18.2 Å². The molecule has 84 valence electrons. The van der Waals surface area contributed by atoms with E-state index < -0.39 is 11.9 Å². The molecule has 2 aromatic heterocycles.